The van der Waals surface area contributed by atoms with Crippen LogP contribution < -0.4 is 23.6 Å². The molecule has 0 aliphatic carbocycles. The molecule has 0 aromatic heterocycles. The second kappa shape index (κ2) is 15.2. The lowest BCUT2D eigenvalue weighted by atomic mass is 10.1. The first-order valence-corrected chi connectivity index (χ1v) is 16.2. The van der Waals surface area contributed by atoms with Crippen LogP contribution in [0.2, 0.25) is 0 Å². The number of rotatable bonds is 11. The average Bonchev–Trinajstić information content (AvgIpc) is 2.98. The van der Waals surface area contributed by atoms with Gasteiger partial charge < -0.3 is 23.6 Å². The van der Waals surface area contributed by atoms with Crippen LogP contribution >= 0.6 is 0 Å². The van der Waals surface area contributed by atoms with Gasteiger partial charge in [0.1, 0.15) is 9.79 Å². The second-order valence-corrected chi connectivity index (χ2v) is 12.6. The number of hydrogen-bond acceptors (Lipinski definition) is 10. The molecule has 0 amide bonds. The van der Waals surface area contributed by atoms with E-state index in [0.29, 0.717) is 24.3 Å². The van der Waals surface area contributed by atoms with E-state index in [9.17, 15) is 16.8 Å². The van der Waals surface area contributed by atoms with Gasteiger partial charge in [-0.15, -0.1) is 0 Å². The molecule has 232 valence electrons. The van der Waals surface area contributed by atoms with Gasteiger partial charge in [0.25, 0.3) is 0 Å². The summed E-state index contributed by atoms with van der Waals surface area (Å²) in [7, 11) is -4.98. The average molecular weight is 639 g/mol. The summed E-state index contributed by atoms with van der Waals surface area (Å²) in [5, 5.41) is 8.73. The third kappa shape index (κ3) is 9.21. The van der Waals surface area contributed by atoms with Gasteiger partial charge in [-0.2, -0.15) is 22.1 Å². The van der Waals surface area contributed by atoms with Gasteiger partial charge in [0.15, 0.2) is 23.0 Å². The fraction of sp³-hybridized carbons (Fsp3) is 0.219. The monoisotopic (exact) mass is 638 g/mol. The highest BCUT2D eigenvalue weighted by molar-refractivity contribution is 7.87. The quantitative estimate of drug-likeness (QED) is 0.219. The molecule has 4 rings (SSSR count). The van der Waals surface area contributed by atoms with E-state index in [0.717, 1.165) is 16.7 Å². The van der Waals surface area contributed by atoms with Crippen LogP contribution in [0.4, 0.5) is 0 Å². The van der Waals surface area contributed by atoms with Crippen molar-refractivity contribution in [3.63, 3.8) is 0 Å². The first kappa shape index (κ1) is 33.9. The molecule has 2 N–H and O–H groups in total. The van der Waals surface area contributed by atoms with Crippen LogP contribution in [0.3, 0.4) is 0 Å². The minimum atomic E-state index is -3.96. The van der Waals surface area contributed by atoms with Gasteiger partial charge in [-0.25, -0.2) is 0 Å². The Morgan fingerprint density at radius 2 is 1.05 bits per heavy atom. The van der Waals surface area contributed by atoms with Crippen LogP contribution in [-0.4, -0.2) is 37.6 Å². The van der Waals surface area contributed by atoms with E-state index in [4.69, 9.17) is 28.8 Å². The Labute approximate surface area is 258 Å². The van der Waals surface area contributed by atoms with E-state index in [2.05, 4.69) is 0 Å². The van der Waals surface area contributed by atoms with Gasteiger partial charge in [-0.1, -0.05) is 47.5 Å². The molecule has 0 unspecified atom stereocenters. The highest BCUT2D eigenvalue weighted by Crippen LogP contribution is 2.32. The maximum absolute atomic E-state index is 12.3. The van der Waals surface area contributed by atoms with Crippen LogP contribution in [0.1, 0.15) is 22.3 Å². The fourth-order valence-electron chi connectivity index (χ4n) is 3.84. The number of nitriles is 1. The van der Waals surface area contributed by atoms with E-state index in [1.54, 1.807) is 48.5 Å². The van der Waals surface area contributed by atoms with Crippen molar-refractivity contribution in [1.82, 2.24) is 0 Å². The standard InChI is InChI=1S/C16H19NO4S.C16H15NO4S/c2*1-12-3-6-14(7-4-12)22(18,19)21-16-11-13(9-10-17)5-8-15(16)20-2/h3-8,11H,9-10,17H2,1-2H3;3-8,11H,9H2,1-2H3. The van der Waals surface area contributed by atoms with Gasteiger partial charge >= 0.3 is 20.2 Å². The van der Waals surface area contributed by atoms with Crippen molar-refractivity contribution in [2.75, 3.05) is 20.8 Å². The molecule has 0 bridgehead atoms. The van der Waals surface area contributed by atoms with Crippen molar-refractivity contribution in [1.29, 1.82) is 5.26 Å². The molecular weight excluding hydrogens is 604 g/mol. The van der Waals surface area contributed by atoms with E-state index in [-0.39, 0.29) is 33.5 Å². The smallest absolute Gasteiger partial charge is 0.339 e. The zero-order valence-corrected chi connectivity index (χ0v) is 26.4. The van der Waals surface area contributed by atoms with Crippen molar-refractivity contribution in [3.05, 3.63) is 107 Å². The number of nitrogens with zero attached hydrogens (tertiary/aromatic N) is 1. The number of benzene rings is 4. The normalized spacial score (nSPS) is 11.0. The topological polar surface area (TPSA) is 155 Å². The number of methoxy groups -OCH3 is 2. The first-order chi connectivity index (χ1) is 20.9. The van der Waals surface area contributed by atoms with Crippen LogP contribution in [0, 0.1) is 25.2 Å². The van der Waals surface area contributed by atoms with Crippen LogP contribution in [-0.2, 0) is 33.1 Å². The predicted molar refractivity (Wildman–Crippen MR) is 166 cm³/mol. The largest absolute Gasteiger partial charge is 0.493 e. The lowest BCUT2D eigenvalue weighted by Crippen LogP contribution is -2.11. The lowest BCUT2D eigenvalue weighted by molar-refractivity contribution is 0.390. The molecule has 0 aliphatic heterocycles. The molecule has 0 heterocycles. The highest BCUT2D eigenvalue weighted by atomic mass is 32.2. The van der Waals surface area contributed by atoms with Crippen molar-refractivity contribution >= 4 is 20.2 Å². The summed E-state index contributed by atoms with van der Waals surface area (Å²) in [5.41, 5.74) is 8.99. The van der Waals surface area contributed by atoms with Gasteiger partial charge in [0.05, 0.1) is 26.7 Å². The summed E-state index contributed by atoms with van der Waals surface area (Å²) in [4.78, 5) is 0.162. The fourth-order valence-corrected chi connectivity index (χ4v) is 5.70. The summed E-state index contributed by atoms with van der Waals surface area (Å²) in [6.07, 6.45) is 0.788. The molecule has 0 saturated carbocycles. The minimum absolute atomic E-state index is 0.0610. The Hall–Kier alpha value is -4.57. The van der Waals surface area contributed by atoms with Crippen LogP contribution in [0.5, 0.6) is 23.0 Å². The summed E-state index contributed by atoms with van der Waals surface area (Å²) in [6.45, 7) is 4.22. The maximum Gasteiger partial charge on any atom is 0.339 e. The molecule has 0 spiro atoms. The third-order valence-corrected chi connectivity index (χ3v) is 8.69. The van der Waals surface area contributed by atoms with Crippen molar-refractivity contribution in [2.45, 2.75) is 36.5 Å². The molecule has 4 aromatic carbocycles. The maximum atomic E-state index is 12.3. The molecule has 10 nitrogen and oxygen atoms in total. The van der Waals surface area contributed by atoms with E-state index < -0.39 is 20.2 Å². The van der Waals surface area contributed by atoms with Gasteiger partial charge in [-0.3, -0.25) is 0 Å². The number of nitrogens with two attached hydrogens (primary N) is 1. The lowest BCUT2D eigenvalue weighted by Gasteiger charge is -2.12. The zero-order chi connectivity index (χ0) is 32.3. The first-order valence-electron chi connectivity index (χ1n) is 13.4. The molecule has 0 saturated heterocycles. The molecular formula is C32H34N2O8S2. The van der Waals surface area contributed by atoms with Crippen molar-refractivity contribution in [2.24, 2.45) is 5.73 Å². The summed E-state index contributed by atoms with van der Waals surface area (Å²) >= 11 is 0. The van der Waals surface area contributed by atoms with Crippen LogP contribution in [0.15, 0.2) is 94.7 Å². The summed E-state index contributed by atoms with van der Waals surface area (Å²) in [5.74, 6) is 0.874. The van der Waals surface area contributed by atoms with E-state index in [1.807, 2.05) is 26.0 Å². The van der Waals surface area contributed by atoms with E-state index in [1.165, 1.54) is 44.6 Å². The predicted octanol–water partition coefficient (Wildman–Crippen LogP) is 5.11. The number of ether oxygens (including phenoxy) is 2. The molecule has 12 heteroatoms. The van der Waals surface area contributed by atoms with Crippen LogP contribution in [0.25, 0.3) is 0 Å². The Balaban J connectivity index is 0.000000240. The molecule has 4 aromatic rings. The minimum Gasteiger partial charge on any atom is -0.493 e. The molecule has 0 radical (unpaired) electrons. The molecule has 0 aliphatic rings. The van der Waals surface area contributed by atoms with Gasteiger partial charge in [-0.05, 0) is 86.5 Å². The molecule has 44 heavy (non-hydrogen) atoms. The zero-order valence-electron chi connectivity index (χ0n) is 24.8. The number of aryl methyl sites for hydroxylation is 2. The Kier molecular flexibility index (Phi) is 11.8. The Morgan fingerprint density at radius 3 is 1.43 bits per heavy atom. The Morgan fingerprint density at radius 1 is 0.636 bits per heavy atom. The second-order valence-electron chi connectivity index (χ2n) is 9.55. The van der Waals surface area contributed by atoms with Gasteiger partial charge in [0, 0.05) is 0 Å². The highest BCUT2D eigenvalue weighted by Gasteiger charge is 2.20. The Bertz CT molecular complexity index is 1820. The molecule has 0 atom stereocenters. The van der Waals surface area contributed by atoms with Crippen molar-refractivity contribution in [3.8, 4) is 29.1 Å². The summed E-state index contributed by atoms with van der Waals surface area (Å²) in [6, 6.07) is 24.7. The van der Waals surface area contributed by atoms with E-state index >= 15 is 0 Å². The van der Waals surface area contributed by atoms with Gasteiger partial charge in [0.2, 0.25) is 0 Å². The molecule has 0 fully saturated rings. The third-order valence-electron chi connectivity index (χ3n) is 6.19. The number of hydrogen-bond donors (Lipinski definition) is 1. The summed E-state index contributed by atoms with van der Waals surface area (Å²) < 4.78 is 70.0. The SMILES string of the molecule is COc1ccc(CC#N)cc1OS(=O)(=O)c1ccc(C)cc1.COc1ccc(CCN)cc1OS(=O)(=O)c1ccc(C)cc1. The van der Waals surface area contributed by atoms with Crippen molar-refractivity contribution < 1.29 is 34.7 Å².